The van der Waals surface area contributed by atoms with Crippen LogP contribution in [0, 0.1) is 0 Å². The Labute approximate surface area is 122 Å². The Morgan fingerprint density at radius 3 is 1.05 bits per heavy atom. The topological polar surface area (TPSA) is 74.6 Å². The van der Waals surface area contributed by atoms with Crippen molar-refractivity contribution in [3.8, 4) is 0 Å². The van der Waals surface area contributed by atoms with E-state index < -0.39 is 11.9 Å². The van der Waals surface area contributed by atoms with E-state index in [0.717, 1.165) is 0 Å². The van der Waals surface area contributed by atoms with Gasteiger partial charge in [-0.1, -0.05) is 36.4 Å². The predicted molar refractivity (Wildman–Crippen MR) is 72.6 cm³/mol. The van der Waals surface area contributed by atoms with Crippen molar-refractivity contribution in [2.24, 2.45) is 0 Å². The van der Waals surface area contributed by atoms with Gasteiger partial charge >= 0.3 is 11.9 Å². The number of hydrogen-bond acceptors (Lipinski definition) is 2. The zero-order valence-corrected chi connectivity index (χ0v) is 10.5. The van der Waals surface area contributed by atoms with Crippen molar-refractivity contribution in [1.82, 2.24) is 0 Å². The monoisotopic (exact) mass is 251 g/mol. The molecule has 5 heteroatoms. The number of carboxylic acid groups (broad SMARTS) is 2. The molecule has 2 rings (SSSR count). The van der Waals surface area contributed by atoms with Gasteiger partial charge in [-0.3, -0.25) is 0 Å². The number of hydrogen-bond donors (Lipinski definition) is 2. The Bertz CT molecular complexity index is 462. The van der Waals surface area contributed by atoms with Crippen LogP contribution in [0.2, 0.25) is 0 Å². The number of carboxylic acids is 2. The van der Waals surface area contributed by atoms with Crippen LogP contribution in [0.5, 0.6) is 0 Å². The van der Waals surface area contributed by atoms with E-state index in [-0.39, 0.29) is 18.9 Å². The maximum Gasteiger partial charge on any atom is 0.335 e. The zero-order chi connectivity index (χ0) is 13.4. The number of aromatic carboxylic acids is 2. The smallest absolute Gasteiger partial charge is 0.335 e. The van der Waals surface area contributed by atoms with E-state index in [9.17, 15) is 9.59 Å². The van der Waals surface area contributed by atoms with E-state index in [4.69, 9.17) is 10.2 Å². The average molecular weight is 251 g/mol. The minimum absolute atomic E-state index is 0. The summed E-state index contributed by atoms with van der Waals surface area (Å²) in [6, 6.07) is 16.6. The first-order valence-corrected chi connectivity index (χ1v) is 5.18. The minimum Gasteiger partial charge on any atom is -0.478 e. The fourth-order valence-corrected chi connectivity index (χ4v) is 1.16. The van der Waals surface area contributed by atoms with E-state index in [1.807, 2.05) is 0 Å². The molecule has 19 heavy (non-hydrogen) atoms. The molecule has 0 fully saturated rings. The molecule has 0 bridgehead atoms. The normalized spacial score (nSPS) is 8.42. The number of rotatable bonds is 2. The first-order chi connectivity index (χ1) is 8.61. The summed E-state index contributed by atoms with van der Waals surface area (Å²) in [6.07, 6.45) is 0. The molecule has 0 unspecified atom stereocenters. The Morgan fingerprint density at radius 1 is 0.632 bits per heavy atom. The van der Waals surface area contributed by atoms with Crippen molar-refractivity contribution in [2.75, 3.05) is 0 Å². The van der Waals surface area contributed by atoms with Crippen LogP contribution < -0.4 is 0 Å². The minimum atomic E-state index is -0.879. The Hall–Kier alpha value is -2.02. The van der Waals surface area contributed by atoms with Crippen molar-refractivity contribution >= 4 is 30.8 Å². The number of benzene rings is 2. The van der Waals surface area contributed by atoms with Crippen LogP contribution in [0.25, 0.3) is 0 Å². The third kappa shape index (κ3) is 6.46. The van der Waals surface area contributed by atoms with Crippen LogP contribution in [0.15, 0.2) is 60.7 Å². The van der Waals surface area contributed by atoms with Gasteiger partial charge in [0, 0.05) is 18.9 Å². The van der Waals surface area contributed by atoms with Crippen molar-refractivity contribution in [2.45, 2.75) is 0 Å². The molecule has 2 aromatic rings. The third-order valence-corrected chi connectivity index (χ3v) is 2.04. The van der Waals surface area contributed by atoms with E-state index in [1.54, 1.807) is 60.7 Å². The summed E-state index contributed by atoms with van der Waals surface area (Å²) in [7, 11) is 0. The summed E-state index contributed by atoms with van der Waals surface area (Å²) in [4.78, 5) is 20.4. The molecule has 0 spiro atoms. The molecule has 1 radical (unpaired) electrons. The van der Waals surface area contributed by atoms with Crippen molar-refractivity contribution in [3.05, 3.63) is 71.8 Å². The van der Waals surface area contributed by atoms with Crippen molar-refractivity contribution < 1.29 is 19.8 Å². The maximum absolute atomic E-state index is 10.2. The molecular weight excluding hydrogens is 239 g/mol. The summed E-state index contributed by atoms with van der Waals surface area (Å²) < 4.78 is 0. The molecule has 0 aromatic heterocycles. The molecule has 0 atom stereocenters. The van der Waals surface area contributed by atoms with E-state index in [0.29, 0.717) is 11.1 Å². The fraction of sp³-hybridized carbons (Fsp3) is 0. The second-order valence-electron chi connectivity index (χ2n) is 3.34. The van der Waals surface area contributed by atoms with Gasteiger partial charge in [0.25, 0.3) is 0 Å². The van der Waals surface area contributed by atoms with E-state index in [1.165, 1.54) is 0 Å². The molecular formula is C14H12LiO4. The third-order valence-electron chi connectivity index (χ3n) is 2.04. The summed E-state index contributed by atoms with van der Waals surface area (Å²) in [5, 5.41) is 16.8. The molecule has 0 aliphatic heterocycles. The summed E-state index contributed by atoms with van der Waals surface area (Å²) >= 11 is 0. The molecule has 0 saturated carbocycles. The largest absolute Gasteiger partial charge is 0.478 e. The first kappa shape index (κ1) is 17.0. The Kier molecular flexibility index (Phi) is 8.02. The van der Waals surface area contributed by atoms with Gasteiger partial charge in [0.15, 0.2) is 0 Å². The first-order valence-electron chi connectivity index (χ1n) is 5.18. The van der Waals surface area contributed by atoms with Crippen molar-refractivity contribution in [1.29, 1.82) is 0 Å². The quantitative estimate of drug-likeness (QED) is 0.803. The Morgan fingerprint density at radius 2 is 0.895 bits per heavy atom. The summed E-state index contributed by atoms with van der Waals surface area (Å²) in [6.45, 7) is 0. The molecule has 0 amide bonds. The molecule has 0 heterocycles. The van der Waals surface area contributed by atoms with Gasteiger partial charge in [-0.25, -0.2) is 9.59 Å². The van der Waals surface area contributed by atoms with E-state index >= 15 is 0 Å². The second-order valence-corrected chi connectivity index (χ2v) is 3.34. The molecule has 2 N–H and O–H groups in total. The Balaban J connectivity index is 0.000000324. The fourth-order valence-electron chi connectivity index (χ4n) is 1.16. The SMILES string of the molecule is O=C(O)c1ccccc1.O=C(O)c1ccccc1.[Li]. The van der Waals surface area contributed by atoms with Crippen LogP contribution in [0.3, 0.4) is 0 Å². The van der Waals surface area contributed by atoms with Gasteiger partial charge < -0.3 is 10.2 Å². The number of carbonyl (C=O) groups is 2. The van der Waals surface area contributed by atoms with E-state index in [2.05, 4.69) is 0 Å². The maximum atomic E-state index is 10.2. The standard InChI is InChI=1S/2C7H6O2.Li/c2*8-7(9)6-4-2-1-3-5-6;/h2*1-5H,(H,8,9);. The molecule has 2 aromatic carbocycles. The van der Waals surface area contributed by atoms with Gasteiger partial charge in [-0.2, -0.15) is 0 Å². The second kappa shape index (κ2) is 8.98. The molecule has 4 nitrogen and oxygen atoms in total. The van der Waals surface area contributed by atoms with Crippen LogP contribution in [-0.2, 0) is 0 Å². The molecule has 0 aliphatic carbocycles. The van der Waals surface area contributed by atoms with Gasteiger partial charge in [-0.05, 0) is 24.3 Å². The molecule has 0 saturated heterocycles. The van der Waals surface area contributed by atoms with Gasteiger partial charge in [-0.15, -0.1) is 0 Å². The predicted octanol–water partition coefficient (Wildman–Crippen LogP) is 2.39. The zero-order valence-electron chi connectivity index (χ0n) is 10.5. The van der Waals surface area contributed by atoms with Gasteiger partial charge in [0.05, 0.1) is 11.1 Å². The van der Waals surface area contributed by atoms with Gasteiger partial charge in [0.1, 0.15) is 0 Å². The molecule has 93 valence electrons. The van der Waals surface area contributed by atoms with Crippen LogP contribution in [0.4, 0.5) is 0 Å². The molecule has 0 aliphatic rings. The summed E-state index contributed by atoms with van der Waals surface area (Å²) in [5.74, 6) is -1.76. The van der Waals surface area contributed by atoms with Crippen molar-refractivity contribution in [3.63, 3.8) is 0 Å². The van der Waals surface area contributed by atoms with Crippen LogP contribution >= 0.6 is 0 Å². The van der Waals surface area contributed by atoms with Crippen LogP contribution in [0.1, 0.15) is 20.7 Å². The average Bonchev–Trinajstić information content (AvgIpc) is 2.41. The van der Waals surface area contributed by atoms with Gasteiger partial charge in [0.2, 0.25) is 0 Å². The van der Waals surface area contributed by atoms with Crippen LogP contribution in [-0.4, -0.2) is 41.0 Å². The summed E-state index contributed by atoms with van der Waals surface area (Å²) in [5.41, 5.74) is 0.662.